The van der Waals surface area contributed by atoms with Crippen LogP contribution >= 0.6 is 45.9 Å². The second kappa shape index (κ2) is 7.87. The summed E-state index contributed by atoms with van der Waals surface area (Å²) >= 11 is 15.9. The van der Waals surface area contributed by atoms with Crippen LogP contribution in [0.3, 0.4) is 0 Å². The number of hydrogen-bond donors (Lipinski definition) is 4. The Morgan fingerprint density at radius 3 is 2.21 bits per heavy atom. The van der Waals surface area contributed by atoms with Crippen molar-refractivity contribution >= 4 is 79.0 Å². The molecule has 1 heterocycles. The molecule has 5 N–H and O–H groups in total. The summed E-state index contributed by atoms with van der Waals surface area (Å²) in [7, 11) is -4.30. The van der Waals surface area contributed by atoms with Crippen LogP contribution in [0.25, 0.3) is 0 Å². The molecule has 14 heteroatoms. The number of nitrogens with one attached hydrogen (secondary N) is 2. The lowest BCUT2D eigenvalue weighted by atomic mass is 10.3. The maximum atomic E-state index is 11.8. The van der Waals surface area contributed by atoms with Crippen molar-refractivity contribution in [3.63, 3.8) is 0 Å². The lowest BCUT2D eigenvalue weighted by Crippen LogP contribution is -2.13. The third kappa shape index (κ3) is 4.25. The molecule has 0 spiro atoms. The second-order valence-electron chi connectivity index (χ2n) is 5.28. The smallest absolute Gasteiger partial charge is 0.243 e. The van der Waals surface area contributed by atoms with Gasteiger partial charge in [0, 0.05) is 8.75 Å². The third-order valence-electron chi connectivity index (χ3n) is 3.39. The van der Waals surface area contributed by atoms with Crippen LogP contribution in [0.4, 0.5) is 23.0 Å². The molecule has 0 amide bonds. The van der Waals surface area contributed by atoms with E-state index < -0.39 is 31.8 Å². The molecular formula is C14H10Cl3N5O4S2. The first-order valence-corrected chi connectivity index (χ1v) is 10.9. The predicted molar refractivity (Wildman–Crippen MR) is 108 cm³/mol. The van der Waals surface area contributed by atoms with E-state index in [9.17, 15) is 18.1 Å². The molecular weight excluding hydrogens is 473 g/mol. The minimum atomic E-state index is -4.30. The number of rotatable bonds is 5. The van der Waals surface area contributed by atoms with Gasteiger partial charge in [-0.3, -0.25) is 0 Å². The molecule has 1 aromatic heterocycles. The van der Waals surface area contributed by atoms with Crippen LogP contribution in [0.1, 0.15) is 0 Å². The van der Waals surface area contributed by atoms with Crippen molar-refractivity contribution in [3.8, 4) is 5.75 Å². The Labute approximate surface area is 177 Å². The number of nitrogens with two attached hydrogens (primary N) is 1. The van der Waals surface area contributed by atoms with Gasteiger partial charge in [0.2, 0.25) is 21.7 Å². The molecule has 2 aromatic carbocycles. The molecule has 9 nitrogen and oxygen atoms in total. The van der Waals surface area contributed by atoms with Gasteiger partial charge in [-0.05, 0) is 24.3 Å². The quantitative estimate of drug-likeness (QED) is 0.314. The third-order valence-corrected chi connectivity index (χ3v) is 6.29. The zero-order valence-corrected chi connectivity index (χ0v) is 17.4. The van der Waals surface area contributed by atoms with Crippen molar-refractivity contribution in [3.05, 3.63) is 45.4 Å². The van der Waals surface area contributed by atoms with E-state index in [0.29, 0.717) is 5.69 Å². The van der Waals surface area contributed by atoms with Gasteiger partial charge in [-0.2, -0.15) is 0 Å². The number of primary sulfonamides is 1. The van der Waals surface area contributed by atoms with Gasteiger partial charge in [0.15, 0.2) is 16.9 Å². The van der Waals surface area contributed by atoms with Crippen molar-refractivity contribution in [2.75, 3.05) is 10.6 Å². The molecule has 0 aliphatic carbocycles. The fourth-order valence-corrected chi connectivity index (χ4v) is 4.36. The molecule has 0 bridgehead atoms. The molecule has 3 aromatic rings. The lowest BCUT2D eigenvalue weighted by molar-refractivity contribution is 0.461. The van der Waals surface area contributed by atoms with Crippen molar-refractivity contribution in [1.82, 2.24) is 8.75 Å². The zero-order chi connectivity index (χ0) is 20.6. The molecule has 1 unspecified atom stereocenters. The normalized spacial score (nSPS) is 12.1. The number of phenols is 1. The van der Waals surface area contributed by atoms with E-state index in [4.69, 9.17) is 39.9 Å². The summed E-state index contributed by atoms with van der Waals surface area (Å²) in [4.78, 5) is -0.664. The minimum Gasteiger partial charge on any atom is -0.546 e. The molecule has 0 radical (unpaired) electrons. The Kier molecular flexibility index (Phi) is 5.87. The van der Waals surface area contributed by atoms with Gasteiger partial charge in [0.1, 0.15) is 4.90 Å². The number of anilines is 4. The van der Waals surface area contributed by atoms with Gasteiger partial charge in [-0.1, -0.05) is 40.9 Å². The monoisotopic (exact) mass is 481 g/mol. The summed E-state index contributed by atoms with van der Waals surface area (Å²) < 4.78 is 42.7. The second-order valence-corrected chi connectivity index (χ2v) is 8.80. The first-order valence-electron chi connectivity index (χ1n) is 7.20. The van der Waals surface area contributed by atoms with Gasteiger partial charge in [-0.25, -0.2) is 13.6 Å². The molecule has 148 valence electrons. The van der Waals surface area contributed by atoms with E-state index in [0.717, 1.165) is 0 Å². The highest BCUT2D eigenvalue weighted by molar-refractivity contribution is 7.89. The number of nitrogens with zero attached hydrogens (tertiary/aromatic N) is 2. The van der Waals surface area contributed by atoms with E-state index in [1.807, 2.05) is 0 Å². The van der Waals surface area contributed by atoms with Crippen molar-refractivity contribution in [2.24, 2.45) is 5.14 Å². The summed E-state index contributed by atoms with van der Waals surface area (Å²) in [5, 5.41) is 21.0. The molecule has 0 aliphatic heterocycles. The number of sulfonamides is 1. The first-order chi connectivity index (χ1) is 13.1. The van der Waals surface area contributed by atoms with Crippen LogP contribution in [-0.4, -0.2) is 26.8 Å². The molecule has 1 atom stereocenters. The number of benzene rings is 2. The molecule has 0 saturated carbocycles. The average Bonchev–Trinajstić information content (AvgIpc) is 2.92. The number of aromatic nitrogens is 2. The highest BCUT2D eigenvalue weighted by atomic mass is 35.5. The van der Waals surface area contributed by atoms with E-state index in [-0.39, 0.29) is 32.4 Å². The van der Waals surface area contributed by atoms with Gasteiger partial charge >= 0.3 is 0 Å². The van der Waals surface area contributed by atoms with Crippen LogP contribution in [0.2, 0.25) is 15.1 Å². The Morgan fingerprint density at radius 1 is 1.00 bits per heavy atom. The van der Waals surface area contributed by atoms with E-state index >= 15 is 0 Å². The Balaban J connectivity index is 2.00. The highest BCUT2D eigenvalue weighted by Crippen LogP contribution is 2.40. The molecule has 3 rings (SSSR count). The minimum absolute atomic E-state index is 0.0222. The van der Waals surface area contributed by atoms with Crippen LogP contribution in [0.5, 0.6) is 5.75 Å². The van der Waals surface area contributed by atoms with Crippen molar-refractivity contribution in [2.45, 2.75) is 4.90 Å². The lowest BCUT2D eigenvalue weighted by Gasteiger charge is -2.11. The number of phenolic OH excluding ortho intramolecular Hbond substituents is 1. The van der Waals surface area contributed by atoms with Crippen molar-refractivity contribution in [1.29, 1.82) is 0 Å². The SMILES string of the molecule is NS(=O)(=O)c1c(Cl)ccc(Nc2n[s+]([O-])nc2Nc2cccc(Cl)c2Cl)c1O. The number of hydrogen-bond acceptors (Lipinski definition) is 8. The Bertz CT molecular complexity index is 1170. The predicted octanol–water partition coefficient (Wildman–Crippen LogP) is 4.00. The van der Waals surface area contributed by atoms with E-state index in [2.05, 4.69) is 19.4 Å². The molecule has 28 heavy (non-hydrogen) atoms. The Morgan fingerprint density at radius 2 is 1.61 bits per heavy atom. The summed E-state index contributed by atoms with van der Waals surface area (Å²) in [6.45, 7) is 0. The summed E-state index contributed by atoms with van der Waals surface area (Å²) in [6.07, 6.45) is 0. The van der Waals surface area contributed by atoms with Gasteiger partial charge in [0.05, 0.1) is 26.4 Å². The molecule has 0 saturated heterocycles. The fraction of sp³-hybridized carbons (Fsp3) is 0. The van der Waals surface area contributed by atoms with Crippen LogP contribution in [-0.2, 0) is 10.0 Å². The maximum absolute atomic E-state index is 11.8. The molecule has 0 fully saturated rings. The largest absolute Gasteiger partial charge is 0.546 e. The zero-order valence-electron chi connectivity index (χ0n) is 13.5. The summed E-state index contributed by atoms with van der Waals surface area (Å²) in [5.74, 6) is -0.753. The maximum Gasteiger partial charge on any atom is 0.243 e. The summed E-state index contributed by atoms with van der Waals surface area (Å²) in [6, 6.07) is 7.33. The standard InChI is InChI=1S/C14H10Cl3N5O4S2/c15-6-2-1-3-8(10(6)17)19-13-14(22-27(24)21-13)20-9-5-4-7(16)12(11(9)23)28(18,25)26/h1-5,23H,(H,19,21)(H,20,22)(H2,18,25,26). The van der Waals surface area contributed by atoms with E-state index in [1.54, 1.807) is 18.2 Å². The van der Waals surface area contributed by atoms with Crippen LogP contribution in [0.15, 0.2) is 35.2 Å². The fourth-order valence-electron chi connectivity index (χ4n) is 2.20. The van der Waals surface area contributed by atoms with E-state index in [1.165, 1.54) is 12.1 Å². The highest BCUT2D eigenvalue weighted by Gasteiger charge is 2.24. The summed E-state index contributed by atoms with van der Waals surface area (Å²) in [5.41, 5.74) is 0.268. The molecule has 0 aliphatic rings. The number of aromatic hydroxyl groups is 1. The first kappa shape index (κ1) is 20.9. The van der Waals surface area contributed by atoms with Gasteiger partial charge in [0.25, 0.3) is 0 Å². The average molecular weight is 483 g/mol. The van der Waals surface area contributed by atoms with Crippen LogP contribution < -0.4 is 15.8 Å². The van der Waals surface area contributed by atoms with Crippen LogP contribution in [0, 0.1) is 0 Å². The van der Waals surface area contributed by atoms with Gasteiger partial charge in [-0.15, -0.1) is 0 Å². The van der Waals surface area contributed by atoms with Crippen molar-refractivity contribution < 1.29 is 18.1 Å². The van der Waals surface area contributed by atoms with Gasteiger partial charge < -0.3 is 20.3 Å². The topological polar surface area (TPSA) is 153 Å². The number of halogens is 3. The Hall–Kier alpha value is -1.86.